The number of fused-ring (bicyclic) bond motifs is 3. The summed E-state index contributed by atoms with van der Waals surface area (Å²) in [7, 11) is 1.35. The Balaban J connectivity index is 2.06. The van der Waals surface area contributed by atoms with Crippen LogP contribution in [0.15, 0.2) is 45.6 Å². The van der Waals surface area contributed by atoms with E-state index in [-0.39, 0.29) is 33.8 Å². The van der Waals surface area contributed by atoms with Crippen LogP contribution in [0.3, 0.4) is 0 Å². The highest BCUT2D eigenvalue weighted by Gasteiger charge is 2.49. The van der Waals surface area contributed by atoms with Crippen LogP contribution in [-0.2, 0) is 19.1 Å². The number of ether oxygens (including phenoxy) is 4. The van der Waals surface area contributed by atoms with E-state index in [0.717, 1.165) is 0 Å². The molecular formula is C25H24O9. The van der Waals surface area contributed by atoms with Crippen LogP contribution in [0.5, 0.6) is 17.2 Å². The highest BCUT2D eigenvalue weighted by molar-refractivity contribution is 5.87. The highest BCUT2D eigenvalue weighted by Crippen LogP contribution is 2.47. The third-order valence-corrected chi connectivity index (χ3v) is 5.55. The van der Waals surface area contributed by atoms with Crippen LogP contribution in [0.25, 0.3) is 22.3 Å². The van der Waals surface area contributed by atoms with Crippen molar-refractivity contribution in [2.75, 3.05) is 7.11 Å². The van der Waals surface area contributed by atoms with Gasteiger partial charge in [0.15, 0.2) is 18.0 Å². The van der Waals surface area contributed by atoms with Crippen molar-refractivity contribution >= 4 is 22.9 Å². The fourth-order valence-corrected chi connectivity index (χ4v) is 4.13. The molecule has 0 fully saturated rings. The minimum Gasteiger partial charge on any atom is -0.508 e. The Bertz CT molecular complexity index is 1340. The van der Waals surface area contributed by atoms with E-state index in [4.69, 9.17) is 23.4 Å². The first-order valence-electron chi connectivity index (χ1n) is 10.5. The maximum Gasteiger partial charge on any atom is 0.303 e. The Morgan fingerprint density at radius 2 is 1.65 bits per heavy atom. The molecule has 0 radical (unpaired) electrons. The van der Waals surface area contributed by atoms with Crippen molar-refractivity contribution < 1.29 is 38.1 Å². The molecule has 0 amide bonds. The number of rotatable bonds is 4. The zero-order valence-corrected chi connectivity index (χ0v) is 19.3. The molecule has 2 atom stereocenters. The van der Waals surface area contributed by atoms with Crippen LogP contribution >= 0.6 is 0 Å². The van der Waals surface area contributed by atoms with Gasteiger partial charge in [-0.15, -0.1) is 0 Å². The van der Waals surface area contributed by atoms with Gasteiger partial charge in [-0.1, -0.05) is 0 Å². The summed E-state index contributed by atoms with van der Waals surface area (Å²) in [6.45, 7) is 5.89. The Labute approximate surface area is 194 Å². The standard InChI is InChI=1S/C25H24O9/c1-12(26)31-22-18-17(34-25(3,4)24(22)32-13(2)27)11-10-16-19(29)23(30-5)20(33-21(16)18)14-6-8-15(28)9-7-14/h6-11,22,24,28H,1-5H3/t22-,24-/m1/s1. The molecule has 1 aliphatic heterocycles. The number of phenolic OH excluding ortho intramolecular Hbond substituents is 1. The number of carbonyl (C=O) groups is 2. The Hall–Kier alpha value is -4.01. The van der Waals surface area contributed by atoms with Crippen LogP contribution in [-0.4, -0.2) is 35.9 Å². The van der Waals surface area contributed by atoms with Gasteiger partial charge in [-0.05, 0) is 50.2 Å². The molecule has 0 aliphatic carbocycles. The molecule has 0 unspecified atom stereocenters. The minimum atomic E-state index is -1.10. The summed E-state index contributed by atoms with van der Waals surface area (Å²) >= 11 is 0. The van der Waals surface area contributed by atoms with Crippen molar-refractivity contribution in [2.24, 2.45) is 0 Å². The topological polar surface area (TPSA) is 122 Å². The third kappa shape index (κ3) is 3.93. The number of methoxy groups -OCH3 is 1. The van der Waals surface area contributed by atoms with Crippen molar-refractivity contribution in [3.05, 3.63) is 52.2 Å². The van der Waals surface area contributed by atoms with Gasteiger partial charge in [-0.2, -0.15) is 0 Å². The molecule has 1 aliphatic rings. The average molecular weight is 468 g/mol. The zero-order valence-electron chi connectivity index (χ0n) is 19.3. The SMILES string of the molecule is COc1c(-c2ccc(O)cc2)oc2c3c(ccc2c1=O)OC(C)(C)[C@H](OC(C)=O)[C@@H]3OC(C)=O. The Kier molecular flexibility index (Phi) is 5.72. The predicted molar refractivity (Wildman–Crippen MR) is 121 cm³/mol. The largest absolute Gasteiger partial charge is 0.508 e. The Morgan fingerprint density at radius 1 is 1.00 bits per heavy atom. The fraction of sp³-hybridized carbons (Fsp3) is 0.320. The van der Waals surface area contributed by atoms with E-state index in [1.54, 1.807) is 32.0 Å². The van der Waals surface area contributed by atoms with E-state index in [1.807, 2.05) is 0 Å². The summed E-state index contributed by atoms with van der Waals surface area (Å²) in [6.07, 6.45) is -2.12. The number of esters is 2. The molecular weight excluding hydrogens is 444 g/mol. The van der Waals surface area contributed by atoms with E-state index >= 15 is 0 Å². The molecule has 0 bridgehead atoms. The maximum atomic E-state index is 13.4. The summed E-state index contributed by atoms with van der Waals surface area (Å²) in [4.78, 5) is 37.3. The average Bonchev–Trinajstić information content (AvgIpc) is 2.75. The number of phenols is 1. The van der Waals surface area contributed by atoms with Crippen LogP contribution in [0, 0.1) is 0 Å². The summed E-state index contributed by atoms with van der Waals surface area (Å²) < 4.78 is 28.8. The van der Waals surface area contributed by atoms with Gasteiger partial charge in [0, 0.05) is 19.4 Å². The summed E-state index contributed by atoms with van der Waals surface area (Å²) in [5.41, 5.74) is -0.670. The molecule has 2 heterocycles. The predicted octanol–water partition coefficient (Wildman–Crippen LogP) is 3.88. The number of aromatic hydroxyl groups is 1. The molecule has 0 saturated carbocycles. The van der Waals surface area contributed by atoms with Crippen LogP contribution in [0.2, 0.25) is 0 Å². The summed E-state index contributed by atoms with van der Waals surface area (Å²) in [5, 5.41) is 9.82. The molecule has 4 rings (SSSR count). The highest BCUT2D eigenvalue weighted by atomic mass is 16.6. The number of hydrogen-bond acceptors (Lipinski definition) is 9. The van der Waals surface area contributed by atoms with E-state index in [9.17, 15) is 19.5 Å². The van der Waals surface area contributed by atoms with Gasteiger partial charge in [0.05, 0.1) is 18.1 Å². The lowest BCUT2D eigenvalue weighted by atomic mass is 9.87. The minimum absolute atomic E-state index is 0.0317. The lowest BCUT2D eigenvalue weighted by Crippen LogP contribution is -2.52. The van der Waals surface area contributed by atoms with Gasteiger partial charge in [0.25, 0.3) is 0 Å². The maximum absolute atomic E-state index is 13.4. The second kappa shape index (κ2) is 8.40. The molecule has 3 aromatic rings. The second-order valence-corrected chi connectivity index (χ2v) is 8.46. The van der Waals surface area contributed by atoms with Crippen molar-refractivity contribution in [1.82, 2.24) is 0 Å². The molecule has 2 aromatic carbocycles. The molecule has 1 N–H and O–H groups in total. The zero-order chi connectivity index (χ0) is 24.8. The normalized spacial score (nSPS) is 18.5. The van der Waals surface area contributed by atoms with Crippen LogP contribution < -0.4 is 14.9 Å². The van der Waals surface area contributed by atoms with E-state index in [2.05, 4.69) is 0 Å². The molecule has 178 valence electrons. The Morgan fingerprint density at radius 3 is 2.24 bits per heavy atom. The quantitative estimate of drug-likeness (QED) is 0.569. The van der Waals surface area contributed by atoms with Gasteiger partial charge in [0.1, 0.15) is 22.7 Å². The smallest absolute Gasteiger partial charge is 0.303 e. The lowest BCUT2D eigenvalue weighted by Gasteiger charge is -2.43. The van der Waals surface area contributed by atoms with Gasteiger partial charge in [0.2, 0.25) is 11.2 Å². The molecule has 0 spiro atoms. The van der Waals surface area contributed by atoms with Gasteiger partial charge in [-0.3, -0.25) is 14.4 Å². The first-order valence-corrected chi connectivity index (χ1v) is 10.5. The first-order chi connectivity index (χ1) is 16.0. The van der Waals surface area contributed by atoms with Crippen LogP contribution in [0.4, 0.5) is 0 Å². The fourth-order valence-electron chi connectivity index (χ4n) is 4.13. The number of hydrogen-bond donors (Lipinski definition) is 1. The molecule has 1 aromatic heterocycles. The molecule has 9 heteroatoms. The van der Waals surface area contributed by atoms with Crippen molar-refractivity contribution in [3.8, 4) is 28.6 Å². The van der Waals surface area contributed by atoms with E-state index in [1.165, 1.54) is 39.2 Å². The van der Waals surface area contributed by atoms with Crippen molar-refractivity contribution in [3.63, 3.8) is 0 Å². The second-order valence-electron chi connectivity index (χ2n) is 8.46. The molecule has 34 heavy (non-hydrogen) atoms. The van der Waals surface area contributed by atoms with E-state index < -0.39 is 35.2 Å². The van der Waals surface area contributed by atoms with E-state index in [0.29, 0.717) is 11.3 Å². The molecule has 9 nitrogen and oxygen atoms in total. The van der Waals surface area contributed by atoms with Crippen LogP contribution in [0.1, 0.15) is 39.4 Å². The third-order valence-electron chi connectivity index (χ3n) is 5.55. The lowest BCUT2D eigenvalue weighted by molar-refractivity contribution is -0.187. The first kappa shape index (κ1) is 23.2. The monoisotopic (exact) mass is 468 g/mol. The van der Waals surface area contributed by atoms with Crippen molar-refractivity contribution in [1.29, 1.82) is 0 Å². The summed E-state index contributed by atoms with van der Waals surface area (Å²) in [5.74, 6) is -0.761. The molecule has 0 saturated heterocycles. The van der Waals surface area contributed by atoms with Gasteiger partial charge >= 0.3 is 11.9 Å². The van der Waals surface area contributed by atoms with Crippen molar-refractivity contribution in [2.45, 2.75) is 45.5 Å². The van der Waals surface area contributed by atoms with Gasteiger partial charge in [-0.25, -0.2) is 0 Å². The summed E-state index contributed by atoms with van der Waals surface area (Å²) in [6, 6.07) is 9.16. The van der Waals surface area contributed by atoms with Gasteiger partial charge < -0.3 is 28.5 Å². The number of benzene rings is 2. The number of carbonyl (C=O) groups excluding carboxylic acids is 2.